The van der Waals surface area contributed by atoms with Gasteiger partial charge in [-0.15, -0.1) is 11.3 Å². The maximum Gasteiger partial charge on any atom is 0.199 e. The molecule has 1 fully saturated rings. The Kier molecular flexibility index (Phi) is 5.50. The molecular formula is C19H23N3O2S. The SMILES string of the molecule is Cc1nc(-c2ccc(N3CCOCC3)cc2)sc1C(=O)C=CN(C)C. The van der Waals surface area contributed by atoms with Gasteiger partial charge < -0.3 is 14.5 Å². The molecule has 0 saturated carbocycles. The normalized spacial score (nSPS) is 14.9. The monoisotopic (exact) mass is 357 g/mol. The fourth-order valence-corrected chi connectivity index (χ4v) is 3.67. The van der Waals surface area contributed by atoms with Gasteiger partial charge in [-0.25, -0.2) is 4.98 Å². The van der Waals surface area contributed by atoms with E-state index in [1.807, 2.05) is 25.9 Å². The molecule has 0 unspecified atom stereocenters. The van der Waals surface area contributed by atoms with Gasteiger partial charge >= 0.3 is 0 Å². The third-order valence-corrected chi connectivity index (χ3v) is 5.26. The lowest BCUT2D eigenvalue weighted by Crippen LogP contribution is -2.36. The van der Waals surface area contributed by atoms with Crippen molar-refractivity contribution >= 4 is 22.8 Å². The summed E-state index contributed by atoms with van der Waals surface area (Å²) >= 11 is 1.45. The average molecular weight is 357 g/mol. The predicted molar refractivity (Wildman–Crippen MR) is 102 cm³/mol. The first-order valence-corrected chi connectivity index (χ1v) is 9.16. The Morgan fingerprint density at radius 2 is 1.92 bits per heavy atom. The summed E-state index contributed by atoms with van der Waals surface area (Å²) in [5.41, 5.74) is 3.02. The van der Waals surface area contributed by atoms with Crippen molar-refractivity contribution in [1.82, 2.24) is 9.88 Å². The Bertz CT molecular complexity index is 759. The van der Waals surface area contributed by atoms with Gasteiger partial charge in [-0.2, -0.15) is 0 Å². The number of morpholine rings is 1. The van der Waals surface area contributed by atoms with Crippen LogP contribution in [0.15, 0.2) is 36.5 Å². The molecule has 2 aromatic rings. The highest BCUT2D eigenvalue weighted by molar-refractivity contribution is 7.17. The molecule has 1 aromatic carbocycles. The second kappa shape index (κ2) is 7.80. The van der Waals surface area contributed by atoms with Crippen LogP contribution >= 0.6 is 11.3 Å². The number of allylic oxidation sites excluding steroid dienone is 1. The highest BCUT2D eigenvalue weighted by atomic mass is 32.1. The van der Waals surface area contributed by atoms with E-state index < -0.39 is 0 Å². The van der Waals surface area contributed by atoms with Gasteiger partial charge in [0.15, 0.2) is 5.78 Å². The van der Waals surface area contributed by atoms with Crippen LogP contribution in [0.1, 0.15) is 15.4 Å². The summed E-state index contributed by atoms with van der Waals surface area (Å²) in [4.78, 5) is 21.8. The van der Waals surface area contributed by atoms with E-state index >= 15 is 0 Å². The van der Waals surface area contributed by atoms with Gasteiger partial charge in [0.1, 0.15) is 5.01 Å². The molecule has 6 heteroatoms. The van der Waals surface area contributed by atoms with E-state index in [0.29, 0.717) is 4.88 Å². The first-order chi connectivity index (χ1) is 12.0. The van der Waals surface area contributed by atoms with Gasteiger partial charge in [0.25, 0.3) is 0 Å². The number of hydrogen-bond acceptors (Lipinski definition) is 6. The Labute approximate surface area is 152 Å². The summed E-state index contributed by atoms with van der Waals surface area (Å²) in [5, 5.41) is 0.882. The topological polar surface area (TPSA) is 45.7 Å². The van der Waals surface area contributed by atoms with Gasteiger partial charge in [0, 0.05) is 50.7 Å². The van der Waals surface area contributed by atoms with Crippen LogP contribution in [0.5, 0.6) is 0 Å². The maximum atomic E-state index is 12.3. The van der Waals surface area contributed by atoms with Crippen molar-refractivity contribution in [3.8, 4) is 10.6 Å². The molecule has 3 rings (SSSR count). The molecular weight excluding hydrogens is 334 g/mol. The van der Waals surface area contributed by atoms with Crippen molar-refractivity contribution in [2.75, 3.05) is 45.3 Å². The lowest BCUT2D eigenvalue weighted by molar-refractivity contribution is 0.104. The first-order valence-electron chi connectivity index (χ1n) is 8.34. The van der Waals surface area contributed by atoms with Crippen molar-refractivity contribution in [3.05, 3.63) is 47.1 Å². The minimum absolute atomic E-state index is 0.000105. The molecule has 132 valence electrons. The Morgan fingerprint density at radius 3 is 2.56 bits per heavy atom. The second-order valence-corrected chi connectivity index (χ2v) is 7.22. The van der Waals surface area contributed by atoms with Crippen LogP contribution in [-0.2, 0) is 4.74 Å². The van der Waals surface area contributed by atoms with Crippen molar-refractivity contribution in [2.24, 2.45) is 0 Å². The molecule has 1 saturated heterocycles. The molecule has 0 aliphatic carbocycles. The van der Waals surface area contributed by atoms with Crippen LogP contribution in [0.4, 0.5) is 5.69 Å². The van der Waals surface area contributed by atoms with E-state index in [-0.39, 0.29) is 5.78 Å². The number of benzene rings is 1. The van der Waals surface area contributed by atoms with Crippen LogP contribution in [0, 0.1) is 6.92 Å². The Balaban J connectivity index is 1.78. The van der Waals surface area contributed by atoms with E-state index in [1.54, 1.807) is 12.3 Å². The fraction of sp³-hybridized carbons (Fsp3) is 0.368. The fourth-order valence-electron chi connectivity index (χ4n) is 2.68. The number of thiazole rings is 1. The third-order valence-electron chi connectivity index (χ3n) is 4.03. The number of aryl methyl sites for hydroxylation is 1. The molecule has 25 heavy (non-hydrogen) atoms. The zero-order valence-corrected chi connectivity index (χ0v) is 15.7. The zero-order valence-electron chi connectivity index (χ0n) is 14.9. The molecule has 0 amide bonds. The summed E-state index contributed by atoms with van der Waals surface area (Å²) < 4.78 is 5.40. The highest BCUT2D eigenvalue weighted by Gasteiger charge is 2.15. The molecule has 0 spiro atoms. The van der Waals surface area contributed by atoms with Gasteiger partial charge in [0.05, 0.1) is 23.8 Å². The van der Waals surface area contributed by atoms with Crippen molar-refractivity contribution in [1.29, 1.82) is 0 Å². The number of rotatable bonds is 5. The maximum absolute atomic E-state index is 12.3. The van der Waals surface area contributed by atoms with Crippen molar-refractivity contribution in [3.63, 3.8) is 0 Å². The van der Waals surface area contributed by atoms with E-state index in [0.717, 1.165) is 42.6 Å². The van der Waals surface area contributed by atoms with E-state index in [1.165, 1.54) is 17.0 Å². The minimum atomic E-state index is -0.000105. The van der Waals surface area contributed by atoms with Gasteiger partial charge in [-0.05, 0) is 31.2 Å². The number of carbonyl (C=O) groups is 1. The van der Waals surface area contributed by atoms with Crippen LogP contribution in [-0.4, -0.2) is 56.1 Å². The minimum Gasteiger partial charge on any atom is -0.383 e. The van der Waals surface area contributed by atoms with Gasteiger partial charge in [-0.3, -0.25) is 4.79 Å². The summed E-state index contributed by atoms with van der Waals surface area (Å²) in [7, 11) is 3.79. The largest absolute Gasteiger partial charge is 0.383 e. The smallest absolute Gasteiger partial charge is 0.199 e. The number of ketones is 1. The Morgan fingerprint density at radius 1 is 1.24 bits per heavy atom. The lowest BCUT2D eigenvalue weighted by atomic mass is 10.2. The zero-order chi connectivity index (χ0) is 17.8. The van der Waals surface area contributed by atoms with E-state index in [9.17, 15) is 4.79 Å². The molecule has 0 bridgehead atoms. The first kappa shape index (κ1) is 17.6. The molecule has 1 aliphatic rings. The average Bonchev–Trinajstić information content (AvgIpc) is 3.02. The van der Waals surface area contributed by atoms with Gasteiger partial charge in [-0.1, -0.05) is 0 Å². The molecule has 0 N–H and O–H groups in total. The molecule has 5 nitrogen and oxygen atoms in total. The molecule has 1 aromatic heterocycles. The molecule has 1 aliphatic heterocycles. The van der Waals surface area contributed by atoms with Crippen LogP contribution in [0.2, 0.25) is 0 Å². The van der Waals surface area contributed by atoms with Crippen molar-refractivity contribution in [2.45, 2.75) is 6.92 Å². The second-order valence-electron chi connectivity index (χ2n) is 6.22. The summed E-state index contributed by atoms with van der Waals surface area (Å²) in [6, 6.07) is 8.38. The number of hydrogen-bond donors (Lipinski definition) is 0. The number of ether oxygens (including phenoxy) is 1. The van der Waals surface area contributed by atoms with E-state index in [2.05, 4.69) is 34.1 Å². The molecule has 0 atom stereocenters. The number of carbonyl (C=O) groups excluding carboxylic acids is 1. The summed E-state index contributed by atoms with van der Waals surface area (Å²) in [5.74, 6) is -0.000105. The number of anilines is 1. The predicted octanol–water partition coefficient (Wildman–Crippen LogP) is 3.21. The van der Waals surface area contributed by atoms with Gasteiger partial charge in [0.2, 0.25) is 0 Å². The number of aromatic nitrogens is 1. The summed E-state index contributed by atoms with van der Waals surface area (Å²) in [6.07, 6.45) is 3.35. The highest BCUT2D eigenvalue weighted by Crippen LogP contribution is 2.30. The lowest BCUT2D eigenvalue weighted by Gasteiger charge is -2.28. The van der Waals surface area contributed by atoms with E-state index in [4.69, 9.17) is 4.74 Å². The third kappa shape index (κ3) is 4.27. The standard InChI is InChI=1S/C19H23N3O2S/c1-14-18(17(23)8-9-21(2)3)25-19(20-14)15-4-6-16(7-5-15)22-10-12-24-13-11-22/h4-9H,10-13H2,1-3H3. The molecule has 0 radical (unpaired) electrons. The van der Waals surface area contributed by atoms with Crippen LogP contribution < -0.4 is 4.90 Å². The van der Waals surface area contributed by atoms with Crippen LogP contribution in [0.3, 0.4) is 0 Å². The van der Waals surface area contributed by atoms with Crippen LogP contribution in [0.25, 0.3) is 10.6 Å². The Hall–Kier alpha value is -2.18. The molecule has 2 heterocycles. The van der Waals surface area contributed by atoms with Crippen molar-refractivity contribution < 1.29 is 9.53 Å². The summed E-state index contributed by atoms with van der Waals surface area (Å²) in [6.45, 7) is 5.29. The number of nitrogens with zero attached hydrogens (tertiary/aromatic N) is 3. The quantitative estimate of drug-likeness (QED) is 0.607.